The number of fused-ring (bicyclic) bond motifs is 1. The Morgan fingerprint density at radius 2 is 1.83 bits per heavy atom. The highest BCUT2D eigenvalue weighted by atomic mass is 16.1. The molecule has 3 aromatic rings. The van der Waals surface area contributed by atoms with Gasteiger partial charge >= 0.3 is 0 Å². The van der Waals surface area contributed by atoms with Crippen molar-refractivity contribution in [2.24, 2.45) is 0 Å². The molecule has 36 heavy (non-hydrogen) atoms. The highest BCUT2D eigenvalue weighted by Crippen LogP contribution is 2.51. The van der Waals surface area contributed by atoms with E-state index in [9.17, 15) is 4.79 Å². The molecule has 3 aliphatic rings. The summed E-state index contributed by atoms with van der Waals surface area (Å²) < 4.78 is 0. The molecule has 1 aromatic heterocycles. The Balaban J connectivity index is 1.36. The number of carbonyl (C=O) groups excluding carboxylic acids is 1. The van der Waals surface area contributed by atoms with Gasteiger partial charge in [-0.1, -0.05) is 62.4 Å². The fourth-order valence-electron chi connectivity index (χ4n) is 5.76. The molecular weight excluding hydrogens is 446 g/mol. The molecule has 0 radical (unpaired) electrons. The summed E-state index contributed by atoms with van der Waals surface area (Å²) in [6.07, 6.45) is 7.77. The summed E-state index contributed by atoms with van der Waals surface area (Å²) in [4.78, 5) is 20.2. The minimum atomic E-state index is -0.526. The molecule has 2 unspecified atom stereocenters. The summed E-state index contributed by atoms with van der Waals surface area (Å²) in [5.74, 6) is 0.361. The number of hydrogen-bond acceptors (Lipinski definition) is 5. The lowest BCUT2D eigenvalue weighted by atomic mass is 9.77. The summed E-state index contributed by atoms with van der Waals surface area (Å²) in [5, 5.41) is 10.6. The van der Waals surface area contributed by atoms with Gasteiger partial charge in [0.2, 0.25) is 0 Å². The lowest BCUT2D eigenvalue weighted by Crippen LogP contribution is -2.49. The van der Waals surface area contributed by atoms with Crippen LogP contribution in [0.25, 0.3) is 0 Å². The van der Waals surface area contributed by atoms with Crippen molar-refractivity contribution in [1.82, 2.24) is 15.6 Å². The van der Waals surface area contributed by atoms with Crippen LogP contribution in [0.3, 0.4) is 0 Å². The molecule has 6 heteroatoms. The van der Waals surface area contributed by atoms with Crippen LogP contribution in [0.4, 0.5) is 11.4 Å². The topological polar surface area (TPSA) is 69.3 Å². The van der Waals surface area contributed by atoms with E-state index in [1.807, 2.05) is 43.6 Å². The predicted molar refractivity (Wildman–Crippen MR) is 144 cm³/mol. The molecule has 1 fully saturated rings. The average molecular weight is 478 g/mol. The number of rotatable bonds is 5. The fourth-order valence-corrected chi connectivity index (χ4v) is 5.76. The number of amides is 1. The van der Waals surface area contributed by atoms with Crippen LogP contribution in [0.2, 0.25) is 0 Å². The number of carbonyl (C=O) groups is 1. The molecule has 0 saturated carbocycles. The maximum Gasteiger partial charge on any atom is 0.253 e. The molecule has 3 atom stereocenters. The third-order valence-corrected chi connectivity index (χ3v) is 7.69. The molecule has 2 aliphatic heterocycles. The molecule has 1 saturated heterocycles. The van der Waals surface area contributed by atoms with Crippen LogP contribution >= 0.6 is 0 Å². The zero-order valence-electron chi connectivity index (χ0n) is 20.8. The van der Waals surface area contributed by atoms with E-state index in [4.69, 9.17) is 0 Å². The van der Waals surface area contributed by atoms with Gasteiger partial charge in [-0.05, 0) is 48.2 Å². The highest BCUT2D eigenvalue weighted by molar-refractivity contribution is 6.00. The van der Waals surface area contributed by atoms with Crippen LogP contribution in [0, 0.1) is 0 Å². The zero-order valence-corrected chi connectivity index (χ0v) is 20.8. The van der Waals surface area contributed by atoms with E-state index in [1.165, 1.54) is 5.56 Å². The van der Waals surface area contributed by atoms with Crippen LogP contribution in [-0.2, 0) is 10.3 Å². The third kappa shape index (κ3) is 3.44. The van der Waals surface area contributed by atoms with Crippen molar-refractivity contribution in [2.45, 2.75) is 44.3 Å². The SMILES string of the molecule is CC(C)c1cccc(C(C)NC(=O)C2=C3Nc4ccccc4C34NCN(c3ccncc3)[C@@H]4C=C2)c1. The summed E-state index contributed by atoms with van der Waals surface area (Å²) in [5.41, 5.74) is 6.72. The van der Waals surface area contributed by atoms with Gasteiger partial charge in [0.1, 0.15) is 5.54 Å². The number of nitrogens with one attached hydrogen (secondary N) is 3. The molecule has 6 nitrogen and oxygen atoms in total. The number of benzene rings is 2. The molecule has 6 rings (SSSR count). The first-order valence-corrected chi connectivity index (χ1v) is 12.6. The van der Waals surface area contributed by atoms with Crippen molar-refractivity contribution in [3.8, 4) is 0 Å². The largest absolute Gasteiger partial charge is 0.356 e. The van der Waals surface area contributed by atoms with Gasteiger partial charge in [-0.3, -0.25) is 15.1 Å². The van der Waals surface area contributed by atoms with Gasteiger partial charge in [-0.25, -0.2) is 0 Å². The lowest BCUT2D eigenvalue weighted by molar-refractivity contribution is -0.117. The van der Waals surface area contributed by atoms with Gasteiger partial charge in [-0.15, -0.1) is 0 Å². The third-order valence-electron chi connectivity index (χ3n) is 7.69. The van der Waals surface area contributed by atoms with Crippen molar-refractivity contribution < 1.29 is 4.79 Å². The van der Waals surface area contributed by atoms with E-state index < -0.39 is 5.54 Å². The summed E-state index contributed by atoms with van der Waals surface area (Å²) >= 11 is 0. The second-order valence-corrected chi connectivity index (χ2v) is 10.1. The van der Waals surface area contributed by atoms with Crippen LogP contribution in [0.1, 0.15) is 49.4 Å². The summed E-state index contributed by atoms with van der Waals surface area (Å²) in [6, 6.07) is 20.8. The number of para-hydroxylation sites is 1. The zero-order chi connectivity index (χ0) is 24.9. The quantitative estimate of drug-likeness (QED) is 0.485. The van der Waals surface area contributed by atoms with E-state index in [2.05, 4.69) is 88.2 Å². The van der Waals surface area contributed by atoms with Crippen molar-refractivity contribution in [2.75, 3.05) is 16.9 Å². The van der Waals surface area contributed by atoms with Crippen molar-refractivity contribution in [3.63, 3.8) is 0 Å². The molecule has 2 aromatic carbocycles. The molecule has 182 valence electrons. The van der Waals surface area contributed by atoms with E-state index >= 15 is 0 Å². The Bertz CT molecular complexity index is 1380. The molecule has 0 bridgehead atoms. The molecule has 3 heterocycles. The lowest BCUT2D eigenvalue weighted by Gasteiger charge is -2.37. The van der Waals surface area contributed by atoms with Gasteiger partial charge in [0.15, 0.2) is 0 Å². The van der Waals surface area contributed by atoms with Gasteiger partial charge < -0.3 is 15.5 Å². The minimum absolute atomic E-state index is 0.0164. The monoisotopic (exact) mass is 477 g/mol. The van der Waals surface area contributed by atoms with Crippen LogP contribution in [0.5, 0.6) is 0 Å². The standard InChI is InChI=1S/C30H31N5O/c1-19(2)21-7-6-8-22(17-21)20(3)33-29(36)24-11-12-27-30(25-9-4-5-10-26(25)34-28(24)30)32-18-35(27)23-13-15-31-16-14-23/h4-17,19-20,27,32,34H,18H2,1-3H3,(H,33,36)/t20?,27-,30?/m1/s1. The fraction of sp³-hybridized carbons (Fsp3) is 0.267. The van der Waals surface area contributed by atoms with Gasteiger partial charge in [0.05, 0.1) is 30.0 Å². The molecule has 3 N–H and O–H groups in total. The Kier molecular flexibility index (Phi) is 5.41. The Morgan fingerprint density at radius 3 is 2.64 bits per heavy atom. The van der Waals surface area contributed by atoms with E-state index in [0.29, 0.717) is 18.2 Å². The maximum absolute atomic E-state index is 13.7. The van der Waals surface area contributed by atoms with Crippen molar-refractivity contribution in [3.05, 3.63) is 113 Å². The van der Waals surface area contributed by atoms with E-state index in [0.717, 1.165) is 28.2 Å². The van der Waals surface area contributed by atoms with Crippen LogP contribution < -0.4 is 20.9 Å². The smallest absolute Gasteiger partial charge is 0.253 e. The van der Waals surface area contributed by atoms with Crippen LogP contribution in [0.15, 0.2) is 96.5 Å². The van der Waals surface area contributed by atoms with Gasteiger partial charge in [0, 0.05) is 29.3 Å². The van der Waals surface area contributed by atoms with Gasteiger partial charge in [0.25, 0.3) is 5.91 Å². The first-order chi connectivity index (χ1) is 17.5. The first-order valence-electron chi connectivity index (χ1n) is 12.6. The molecule has 1 aliphatic carbocycles. The maximum atomic E-state index is 13.7. The first kappa shape index (κ1) is 22.6. The number of aromatic nitrogens is 1. The second kappa shape index (κ2) is 8.64. The van der Waals surface area contributed by atoms with Crippen LogP contribution in [-0.4, -0.2) is 23.6 Å². The van der Waals surface area contributed by atoms with E-state index in [-0.39, 0.29) is 18.0 Å². The molecule has 1 spiro atoms. The van der Waals surface area contributed by atoms with E-state index in [1.54, 1.807) is 0 Å². The Hall–Kier alpha value is -3.90. The molecular formula is C30H31N5O. The Morgan fingerprint density at radius 1 is 1.06 bits per heavy atom. The average Bonchev–Trinajstić information content (AvgIpc) is 3.46. The summed E-state index contributed by atoms with van der Waals surface area (Å²) in [7, 11) is 0. The predicted octanol–water partition coefficient (Wildman–Crippen LogP) is 4.96. The summed E-state index contributed by atoms with van der Waals surface area (Å²) in [6.45, 7) is 7.07. The van der Waals surface area contributed by atoms with Gasteiger partial charge in [-0.2, -0.15) is 0 Å². The number of nitrogens with zero attached hydrogens (tertiary/aromatic N) is 2. The number of anilines is 2. The highest BCUT2D eigenvalue weighted by Gasteiger charge is 2.57. The number of pyridine rings is 1. The minimum Gasteiger partial charge on any atom is -0.356 e. The van der Waals surface area contributed by atoms with Crippen molar-refractivity contribution >= 4 is 17.3 Å². The number of hydrogen-bond donors (Lipinski definition) is 3. The Labute approximate surface area is 212 Å². The van der Waals surface area contributed by atoms with Crippen molar-refractivity contribution in [1.29, 1.82) is 0 Å². The normalized spacial score (nSPS) is 22.7. The molecule has 1 amide bonds. The second-order valence-electron chi connectivity index (χ2n) is 10.1.